The second kappa shape index (κ2) is 4.04. The molecule has 1 aromatic heterocycles. The van der Waals surface area contributed by atoms with E-state index in [1.54, 1.807) is 0 Å². The Kier molecular flexibility index (Phi) is 2.75. The van der Waals surface area contributed by atoms with Gasteiger partial charge in [-0.05, 0) is 19.8 Å². The van der Waals surface area contributed by atoms with E-state index >= 15 is 0 Å². The van der Waals surface area contributed by atoms with Crippen molar-refractivity contribution >= 4 is 11.6 Å². The van der Waals surface area contributed by atoms with Crippen molar-refractivity contribution in [1.29, 1.82) is 0 Å². The maximum Gasteiger partial charge on any atom is 0.134 e. The molecule has 1 fully saturated rings. The lowest BCUT2D eigenvalue weighted by Crippen LogP contribution is -2.29. The van der Waals surface area contributed by atoms with E-state index in [9.17, 15) is 0 Å². The summed E-state index contributed by atoms with van der Waals surface area (Å²) < 4.78 is 0. The van der Waals surface area contributed by atoms with E-state index in [2.05, 4.69) is 21.9 Å². The predicted octanol–water partition coefficient (Wildman–Crippen LogP) is 1.75. The second-order valence-corrected chi connectivity index (χ2v) is 4.25. The molecule has 1 heterocycles. The van der Waals surface area contributed by atoms with Crippen LogP contribution < -0.4 is 10.6 Å². The lowest BCUT2D eigenvalue weighted by molar-refractivity contribution is 0.645. The SMILES string of the molecule is Cc1nc(N)cc(N(C)C2CCCC2)n1. The van der Waals surface area contributed by atoms with E-state index in [1.165, 1.54) is 25.7 Å². The molecule has 1 aromatic rings. The first-order valence-electron chi connectivity index (χ1n) is 5.51. The molecule has 0 unspecified atom stereocenters. The molecule has 0 aliphatic heterocycles. The molecule has 0 amide bonds. The lowest BCUT2D eigenvalue weighted by atomic mass is 10.2. The van der Waals surface area contributed by atoms with Crippen LogP contribution in [0.15, 0.2) is 6.07 Å². The zero-order valence-corrected chi connectivity index (χ0v) is 9.40. The number of hydrogen-bond donors (Lipinski definition) is 1. The van der Waals surface area contributed by atoms with Gasteiger partial charge in [-0.15, -0.1) is 0 Å². The van der Waals surface area contributed by atoms with Crippen molar-refractivity contribution in [1.82, 2.24) is 9.97 Å². The van der Waals surface area contributed by atoms with E-state index in [-0.39, 0.29) is 0 Å². The van der Waals surface area contributed by atoms with Crippen LogP contribution in [0.2, 0.25) is 0 Å². The first-order chi connectivity index (χ1) is 7.16. The molecule has 1 saturated carbocycles. The third kappa shape index (κ3) is 2.19. The molecular weight excluding hydrogens is 188 g/mol. The van der Waals surface area contributed by atoms with E-state index in [1.807, 2.05) is 13.0 Å². The first-order valence-corrected chi connectivity index (χ1v) is 5.51. The van der Waals surface area contributed by atoms with Gasteiger partial charge >= 0.3 is 0 Å². The molecule has 82 valence electrons. The summed E-state index contributed by atoms with van der Waals surface area (Å²) >= 11 is 0. The maximum absolute atomic E-state index is 5.72. The molecule has 1 aliphatic carbocycles. The summed E-state index contributed by atoms with van der Waals surface area (Å²) in [5.74, 6) is 2.25. The minimum Gasteiger partial charge on any atom is -0.384 e. The molecule has 0 spiro atoms. The monoisotopic (exact) mass is 206 g/mol. The Balaban J connectivity index is 2.20. The van der Waals surface area contributed by atoms with Gasteiger partial charge < -0.3 is 10.6 Å². The van der Waals surface area contributed by atoms with Gasteiger partial charge in [0.05, 0.1) is 0 Å². The van der Waals surface area contributed by atoms with Crippen LogP contribution in [0.4, 0.5) is 11.6 Å². The molecule has 2 rings (SSSR count). The Morgan fingerprint density at radius 1 is 1.33 bits per heavy atom. The fourth-order valence-corrected chi connectivity index (χ4v) is 2.23. The molecule has 0 aromatic carbocycles. The van der Waals surface area contributed by atoms with E-state index in [0.717, 1.165) is 11.6 Å². The normalized spacial score (nSPS) is 16.9. The number of aryl methyl sites for hydroxylation is 1. The van der Waals surface area contributed by atoms with Gasteiger partial charge in [-0.25, -0.2) is 9.97 Å². The molecule has 4 heteroatoms. The summed E-state index contributed by atoms with van der Waals surface area (Å²) in [6.07, 6.45) is 5.18. The van der Waals surface area contributed by atoms with Crippen molar-refractivity contribution in [3.8, 4) is 0 Å². The molecule has 0 radical (unpaired) electrons. The smallest absolute Gasteiger partial charge is 0.134 e. The highest BCUT2D eigenvalue weighted by Gasteiger charge is 2.20. The van der Waals surface area contributed by atoms with Crippen molar-refractivity contribution in [2.45, 2.75) is 38.6 Å². The highest BCUT2D eigenvalue weighted by Crippen LogP contribution is 2.26. The van der Waals surface area contributed by atoms with Crippen LogP contribution >= 0.6 is 0 Å². The molecule has 1 aliphatic rings. The lowest BCUT2D eigenvalue weighted by Gasteiger charge is -2.25. The molecule has 0 atom stereocenters. The zero-order chi connectivity index (χ0) is 10.8. The summed E-state index contributed by atoms with van der Waals surface area (Å²) in [5, 5.41) is 0. The van der Waals surface area contributed by atoms with E-state index in [0.29, 0.717) is 11.9 Å². The molecule has 4 nitrogen and oxygen atoms in total. The minimum atomic E-state index is 0.558. The summed E-state index contributed by atoms with van der Waals surface area (Å²) in [5.41, 5.74) is 5.72. The van der Waals surface area contributed by atoms with Crippen LogP contribution in [0.1, 0.15) is 31.5 Å². The third-order valence-electron chi connectivity index (χ3n) is 3.08. The zero-order valence-electron chi connectivity index (χ0n) is 9.40. The highest BCUT2D eigenvalue weighted by atomic mass is 15.2. The standard InChI is InChI=1S/C11H18N4/c1-8-13-10(12)7-11(14-8)15(2)9-5-3-4-6-9/h7,9H,3-6H2,1-2H3,(H2,12,13,14). The Labute approximate surface area is 90.5 Å². The van der Waals surface area contributed by atoms with Gasteiger partial charge in [0.25, 0.3) is 0 Å². The van der Waals surface area contributed by atoms with Crippen molar-refractivity contribution < 1.29 is 0 Å². The number of aromatic nitrogens is 2. The van der Waals surface area contributed by atoms with Gasteiger partial charge in [0.1, 0.15) is 17.5 Å². The maximum atomic E-state index is 5.72. The average Bonchev–Trinajstić information content (AvgIpc) is 2.67. The number of hydrogen-bond acceptors (Lipinski definition) is 4. The van der Waals surface area contributed by atoms with Crippen molar-refractivity contribution in [3.05, 3.63) is 11.9 Å². The minimum absolute atomic E-state index is 0.558. The van der Waals surface area contributed by atoms with Gasteiger partial charge in [-0.2, -0.15) is 0 Å². The number of nitrogens with two attached hydrogens (primary N) is 1. The number of nitrogen functional groups attached to an aromatic ring is 1. The fraction of sp³-hybridized carbons (Fsp3) is 0.636. The quantitative estimate of drug-likeness (QED) is 0.801. The van der Waals surface area contributed by atoms with Crippen molar-refractivity contribution in [3.63, 3.8) is 0 Å². The Morgan fingerprint density at radius 2 is 2.00 bits per heavy atom. The van der Waals surface area contributed by atoms with E-state index in [4.69, 9.17) is 5.73 Å². The Morgan fingerprint density at radius 3 is 2.60 bits per heavy atom. The van der Waals surface area contributed by atoms with Crippen LogP contribution in [0.5, 0.6) is 0 Å². The van der Waals surface area contributed by atoms with Crippen LogP contribution in [0.3, 0.4) is 0 Å². The predicted molar refractivity (Wildman–Crippen MR) is 61.8 cm³/mol. The summed E-state index contributed by atoms with van der Waals surface area (Å²) in [6.45, 7) is 1.88. The summed E-state index contributed by atoms with van der Waals surface area (Å²) in [4.78, 5) is 10.7. The van der Waals surface area contributed by atoms with Crippen LogP contribution in [-0.2, 0) is 0 Å². The third-order valence-corrected chi connectivity index (χ3v) is 3.08. The summed E-state index contributed by atoms with van der Waals surface area (Å²) in [7, 11) is 2.09. The number of anilines is 2. The topological polar surface area (TPSA) is 55.0 Å². The number of nitrogens with zero attached hydrogens (tertiary/aromatic N) is 3. The molecule has 0 bridgehead atoms. The average molecular weight is 206 g/mol. The van der Waals surface area contributed by atoms with Gasteiger partial charge in [0, 0.05) is 19.2 Å². The fourth-order valence-electron chi connectivity index (χ4n) is 2.23. The van der Waals surface area contributed by atoms with Crippen molar-refractivity contribution in [2.75, 3.05) is 17.7 Å². The molecule has 2 N–H and O–H groups in total. The van der Waals surface area contributed by atoms with Gasteiger partial charge in [0.2, 0.25) is 0 Å². The van der Waals surface area contributed by atoms with Crippen molar-refractivity contribution in [2.24, 2.45) is 0 Å². The Hall–Kier alpha value is -1.32. The largest absolute Gasteiger partial charge is 0.384 e. The van der Waals surface area contributed by atoms with Gasteiger partial charge in [0.15, 0.2) is 0 Å². The Bertz CT molecular complexity index is 324. The first kappa shape index (κ1) is 10.2. The molecular formula is C11H18N4. The van der Waals surface area contributed by atoms with Crippen LogP contribution in [-0.4, -0.2) is 23.1 Å². The molecule has 0 saturated heterocycles. The van der Waals surface area contributed by atoms with Gasteiger partial charge in [-0.1, -0.05) is 12.8 Å². The highest BCUT2D eigenvalue weighted by molar-refractivity contribution is 5.47. The number of rotatable bonds is 2. The van der Waals surface area contributed by atoms with Crippen LogP contribution in [0.25, 0.3) is 0 Å². The molecule has 15 heavy (non-hydrogen) atoms. The van der Waals surface area contributed by atoms with Gasteiger partial charge in [-0.3, -0.25) is 0 Å². The summed E-state index contributed by atoms with van der Waals surface area (Å²) in [6, 6.07) is 2.48. The van der Waals surface area contributed by atoms with Crippen LogP contribution in [0, 0.1) is 6.92 Å². The second-order valence-electron chi connectivity index (χ2n) is 4.25. The van der Waals surface area contributed by atoms with E-state index < -0.39 is 0 Å².